The molecule has 278 valence electrons. The average molecular weight is 756 g/mol. The molecule has 0 saturated carbocycles. The summed E-state index contributed by atoms with van der Waals surface area (Å²) in [6.45, 7) is 3.31. The van der Waals surface area contributed by atoms with Gasteiger partial charge in [-0.15, -0.1) is 5.01 Å². The number of nitrogens with zero attached hydrogens (tertiary/aromatic N) is 6. The first-order valence-corrected chi connectivity index (χ1v) is 17.7. The van der Waals surface area contributed by atoms with Crippen molar-refractivity contribution < 1.29 is 50.5 Å². The van der Waals surface area contributed by atoms with Gasteiger partial charge in [0, 0.05) is 11.5 Å². The SMILES string of the molecule is Cc1ccc(-c2cc(C(F)(F)F)nn2-c2ccc(S(=O)(=O)NC(=O)OCC3CCCN([N+]([O-])=NOC(C)N4C(=O)c5ccccc5C4=O)C3)cc2)cc1. The van der Waals surface area contributed by atoms with Crippen molar-refractivity contribution in [2.45, 2.75) is 44.0 Å². The molecule has 2 unspecified atom stereocenters. The quantitative estimate of drug-likeness (QED) is 0.0948. The number of hydrogen-bond acceptors (Lipinski definition) is 10. The number of halogens is 3. The number of rotatable bonds is 10. The topological polar surface area (TPSA) is 179 Å². The van der Waals surface area contributed by atoms with Crippen LogP contribution in [0.5, 0.6) is 0 Å². The molecule has 1 saturated heterocycles. The number of alkyl halides is 3. The number of imide groups is 1. The maximum atomic E-state index is 13.6. The molecule has 1 aromatic heterocycles. The van der Waals surface area contributed by atoms with Gasteiger partial charge in [-0.05, 0) is 69.2 Å². The number of fused-ring (bicyclic) bond motifs is 1. The molecule has 0 bridgehead atoms. The highest BCUT2D eigenvalue weighted by molar-refractivity contribution is 7.90. The Labute approximate surface area is 300 Å². The summed E-state index contributed by atoms with van der Waals surface area (Å²) in [5, 5.41) is 21.2. The molecule has 53 heavy (non-hydrogen) atoms. The minimum atomic E-state index is -4.72. The summed E-state index contributed by atoms with van der Waals surface area (Å²) in [5.74, 6) is -1.55. The number of nitrogens with one attached hydrogen (secondary N) is 1. The van der Waals surface area contributed by atoms with Crippen molar-refractivity contribution in [1.82, 2.24) is 24.4 Å². The fourth-order valence-electron chi connectivity index (χ4n) is 5.88. The predicted molar refractivity (Wildman–Crippen MR) is 178 cm³/mol. The monoisotopic (exact) mass is 755 g/mol. The van der Waals surface area contributed by atoms with Crippen molar-refractivity contribution in [3.63, 3.8) is 0 Å². The number of piperidine rings is 1. The zero-order chi connectivity index (χ0) is 38.1. The van der Waals surface area contributed by atoms with Crippen LogP contribution < -0.4 is 4.72 Å². The summed E-state index contributed by atoms with van der Waals surface area (Å²) in [4.78, 5) is 43.7. The Bertz CT molecular complexity index is 2140. The van der Waals surface area contributed by atoms with Crippen LogP contribution in [0, 0.1) is 18.0 Å². The third-order valence-electron chi connectivity index (χ3n) is 8.60. The Balaban J connectivity index is 1.04. The molecular formula is C34H32F3N7O8S. The number of carbonyl (C=O) groups excluding carboxylic acids is 3. The zero-order valence-electron chi connectivity index (χ0n) is 28.2. The Hall–Kier alpha value is -5.98. The van der Waals surface area contributed by atoms with Gasteiger partial charge in [-0.1, -0.05) is 42.0 Å². The molecule has 2 aliphatic rings. The molecule has 2 atom stereocenters. The highest BCUT2D eigenvalue weighted by atomic mass is 32.2. The number of aryl methyl sites for hydroxylation is 1. The molecule has 0 spiro atoms. The van der Waals surface area contributed by atoms with Crippen LogP contribution in [0.15, 0.2) is 89.0 Å². The Morgan fingerprint density at radius 2 is 1.70 bits per heavy atom. The van der Waals surface area contributed by atoms with Crippen LogP contribution in [0.4, 0.5) is 18.0 Å². The van der Waals surface area contributed by atoms with Gasteiger partial charge in [-0.3, -0.25) is 9.59 Å². The summed E-state index contributed by atoms with van der Waals surface area (Å²) in [5.41, 5.74) is 0.930. The lowest BCUT2D eigenvalue weighted by molar-refractivity contribution is -0.715. The van der Waals surface area contributed by atoms with Crippen LogP contribution in [-0.4, -0.2) is 76.9 Å². The smallest absolute Gasteiger partial charge is 0.435 e. The van der Waals surface area contributed by atoms with E-state index in [-0.39, 0.29) is 52.1 Å². The summed E-state index contributed by atoms with van der Waals surface area (Å²) in [6.07, 6.45) is -6.16. The van der Waals surface area contributed by atoms with Gasteiger partial charge in [-0.2, -0.15) is 18.3 Å². The number of carbonyl (C=O) groups is 3. The van der Waals surface area contributed by atoms with E-state index >= 15 is 0 Å². The van der Waals surface area contributed by atoms with Crippen LogP contribution in [0.25, 0.3) is 16.9 Å². The van der Waals surface area contributed by atoms with Crippen LogP contribution in [-0.2, 0) is 25.8 Å². The van der Waals surface area contributed by atoms with Gasteiger partial charge >= 0.3 is 12.3 Å². The number of aromatic nitrogens is 2. The third-order valence-corrected chi connectivity index (χ3v) is 9.93. The molecule has 1 N–H and O–H groups in total. The Kier molecular flexibility index (Phi) is 10.1. The molecule has 0 radical (unpaired) electrons. The highest BCUT2D eigenvalue weighted by Gasteiger charge is 2.40. The van der Waals surface area contributed by atoms with E-state index in [1.165, 1.54) is 36.2 Å². The zero-order valence-corrected chi connectivity index (χ0v) is 29.0. The maximum Gasteiger partial charge on any atom is 0.435 e. The Morgan fingerprint density at radius 1 is 1.06 bits per heavy atom. The molecular weight excluding hydrogens is 723 g/mol. The predicted octanol–water partition coefficient (Wildman–Crippen LogP) is 5.44. The van der Waals surface area contributed by atoms with Crippen LogP contribution in [0.1, 0.15) is 51.7 Å². The fraction of sp³-hybridized carbons (Fsp3) is 0.294. The molecule has 19 heteroatoms. The largest absolute Gasteiger partial charge is 0.569 e. The lowest BCUT2D eigenvalue weighted by Crippen LogP contribution is -2.43. The van der Waals surface area contributed by atoms with Gasteiger partial charge < -0.3 is 14.8 Å². The molecule has 15 nitrogen and oxygen atoms in total. The summed E-state index contributed by atoms with van der Waals surface area (Å²) in [6, 6.07) is 18.7. The minimum Gasteiger partial charge on any atom is -0.569 e. The molecule has 6 rings (SSSR count). The second-order valence-electron chi connectivity index (χ2n) is 12.4. The van der Waals surface area contributed by atoms with Crippen molar-refractivity contribution in [3.8, 4) is 16.9 Å². The van der Waals surface area contributed by atoms with Crippen molar-refractivity contribution in [1.29, 1.82) is 0 Å². The number of benzene rings is 3. The van der Waals surface area contributed by atoms with Gasteiger partial charge in [0.2, 0.25) is 11.5 Å². The average Bonchev–Trinajstić information content (AvgIpc) is 3.70. The van der Waals surface area contributed by atoms with Crippen molar-refractivity contribution in [2.75, 3.05) is 19.7 Å². The summed E-state index contributed by atoms with van der Waals surface area (Å²) >= 11 is 0. The first-order chi connectivity index (χ1) is 25.1. The van der Waals surface area contributed by atoms with Gasteiger partial charge in [0.25, 0.3) is 21.8 Å². The summed E-state index contributed by atoms with van der Waals surface area (Å²) < 4.78 is 74.6. The van der Waals surface area contributed by atoms with Crippen LogP contribution >= 0.6 is 0 Å². The van der Waals surface area contributed by atoms with E-state index in [1.54, 1.807) is 41.1 Å². The second kappa shape index (κ2) is 14.6. The maximum absolute atomic E-state index is 13.6. The molecule has 0 aliphatic carbocycles. The van der Waals surface area contributed by atoms with Crippen molar-refractivity contribution >= 4 is 27.9 Å². The molecule has 3 amide bonds. The van der Waals surface area contributed by atoms with E-state index in [0.717, 1.165) is 33.3 Å². The Morgan fingerprint density at radius 3 is 2.32 bits per heavy atom. The van der Waals surface area contributed by atoms with Gasteiger partial charge in [0.15, 0.2) is 5.69 Å². The van der Waals surface area contributed by atoms with E-state index in [2.05, 4.69) is 10.4 Å². The fourth-order valence-corrected chi connectivity index (χ4v) is 6.78. The molecule has 3 aromatic carbocycles. The van der Waals surface area contributed by atoms with Crippen LogP contribution in [0.3, 0.4) is 0 Å². The number of hydrogen-bond donors (Lipinski definition) is 1. The lowest BCUT2D eigenvalue weighted by atomic mass is 10.0. The number of hydrazine groups is 1. The molecule has 2 aliphatic heterocycles. The molecule has 1 fully saturated rings. The van der Waals surface area contributed by atoms with E-state index in [9.17, 15) is 41.2 Å². The van der Waals surface area contributed by atoms with E-state index in [1.807, 2.05) is 6.92 Å². The van der Waals surface area contributed by atoms with E-state index in [0.29, 0.717) is 18.4 Å². The number of amides is 3. The second-order valence-corrected chi connectivity index (χ2v) is 14.1. The van der Waals surface area contributed by atoms with Gasteiger partial charge in [0.05, 0.1) is 52.1 Å². The van der Waals surface area contributed by atoms with Crippen LogP contribution in [0.2, 0.25) is 0 Å². The van der Waals surface area contributed by atoms with E-state index in [4.69, 9.17) is 9.57 Å². The molecule has 4 aromatic rings. The van der Waals surface area contributed by atoms with Gasteiger partial charge in [0.1, 0.15) is 0 Å². The van der Waals surface area contributed by atoms with Crippen molar-refractivity contribution in [3.05, 3.63) is 106 Å². The number of ether oxygens (including phenoxy) is 1. The van der Waals surface area contributed by atoms with Gasteiger partial charge in [-0.25, -0.2) is 27.5 Å². The number of sulfonamides is 1. The first kappa shape index (κ1) is 36.8. The van der Waals surface area contributed by atoms with Crippen molar-refractivity contribution in [2.24, 2.45) is 11.2 Å². The normalized spacial score (nSPS) is 17.1. The van der Waals surface area contributed by atoms with E-state index < -0.39 is 51.9 Å². The molecule has 3 heterocycles. The minimum absolute atomic E-state index is 0.0628. The highest BCUT2D eigenvalue weighted by Crippen LogP contribution is 2.33. The lowest BCUT2D eigenvalue weighted by Gasteiger charge is -2.28. The third kappa shape index (κ3) is 7.93. The standard InChI is InChI=1S/C34H32F3N7O8S/c1-21-9-11-24(12-10-21)29-18-30(34(35,36)37)38-43(29)25-13-15-26(16-14-25)53(49,50)39-33(47)51-20-23-6-5-17-41(19-23)44(48)40-52-22(2)42-31(45)27-7-3-4-8-28(27)32(42)46/h3-4,7-16,18,22-23H,5-6,17,19-20H2,1-2H3,(H,39,47). The first-order valence-electron chi connectivity index (χ1n) is 16.2. The summed E-state index contributed by atoms with van der Waals surface area (Å²) in [7, 11) is -4.45.